The molecule has 0 saturated carbocycles. The Morgan fingerprint density at radius 3 is 1.89 bits per heavy atom. The molecule has 2 rings (SSSR count). The highest BCUT2D eigenvalue weighted by atomic mass is 16.6. The maximum atomic E-state index is 11.3. The van der Waals surface area contributed by atoms with Gasteiger partial charge in [0.05, 0.1) is 4.92 Å². The standard InChI is InChI=1S/C13H11N3O3/c14-15-13(17)11-3-1-9(2-4-11)10-5-7-12(8-6-10)16(18)19/h1-8H,14H2,(H,15,17). The Morgan fingerprint density at radius 2 is 1.47 bits per heavy atom. The summed E-state index contributed by atoms with van der Waals surface area (Å²) < 4.78 is 0. The minimum Gasteiger partial charge on any atom is -0.290 e. The van der Waals surface area contributed by atoms with Crippen molar-refractivity contribution in [1.82, 2.24) is 5.43 Å². The number of amides is 1. The summed E-state index contributed by atoms with van der Waals surface area (Å²) in [5.74, 6) is 4.67. The first-order valence-electron chi connectivity index (χ1n) is 5.47. The third kappa shape index (κ3) is 2.75. The van der Waals surface area contributed by atoms with Crippen LogP contribution in [0.1, 0.15) is 10.4 Å². The molecule has 3 N–H and O–H groups in total. The van der Waals surface area contributed by atoms with Gasteiger partial charge < -0.3 is 0 Å². The molecule has 1 amide bonds. The summed E-state index contributed by atoms with van der Waals surface area (Å²) in [6.07, 6.45) is 0. The van der Waals surface area contributed by atoms with Gasteiger partial charge in [-0.05, 0) is 35.4 Å². The van der Waals surface area contributed by atoms with Crippen molar-refractivity contribution in [2.75, 3.05) is 0 Å². The van der Waals surface area contributed by atoms with Gasteiger partial charge >= 0.3 is 0 Å². The first-order valence-corrected chi connectivity index (χ1v) is 5.47. The zero-order valence-corrected chi connectivity index (χ0v) is 9.87. The molecular weight excluding hydrogens is 246 g/mol. The second-order valence-corrected chi connectivity index (χ2v) is 3.85. The number of hydrogen-bond acceptors (Lipinski definition) is 4. The molecule has 0 heterocycles. The van der Waals surface area contributed by atoms with Gasteiger partial charge in [0.25, 0.3) is 11.6 Å². The lowest BCUT2D eigenvalue weighted by Gasteiger charge is -2.03. The summed E-state index contributed by atoms with van der Waals surface area (Å²) in [6.45, 7) is 0. The third-order valence-electron chi connectivity index (χ3n) is 2.69. The fourth-order valence-electron chi connectivity index (χ4n) is 1.67. The van der Waals surface area contributed by atoms with Gasteiger partial charge in [-0.1, -0.05) is 12.1 Å². The van der Waals surface area contributed by atoms with Crippen LogP contribution in [0.25, 0.3) is 11.1 Å². The average Bonchev–Trinajstić information content (AvgIpc) is 2.46. The van der Waals surface area contributed by atoms with Gasteiger partial charge in [0.1, 0.15) is 0 Å². The summed E-state index contributed by atoms with van der Waals surface area (Å²) in [7, 11) is 0. The van der Waals surface area contributed by atoms with Gasteiger partial charge in [0.2, 0.25) is 0 Å². The molecule has 0 aliphatic heterocycles. The molecule has 0 fully saturated rings. The normalized spacial score (nSPS) is 9.95. The van der Waals surface area contributed by atoms with Gasteiger partial charge in [-0.25, -0.2) is 5.84 Å². The topological polar surface area (TPSA) is 98.3 Å². The highest BCUT2D eigenvalue weighted by Gasteiger charge is 2.06. The van der Waals surface area contributed by atoms with E-state index in [0.29, 0.717) is 5.56 Å². The first kappa shape index (κ1) is 12.7. The molecule has 0 radical (unpaired) electrons. The molecule has 2 aromatic carbocycles. The zero-order valence-electron chi connectivity index (χ0n) is 9.87. The van der Waals surface area contributed by atoms with Crippen LogP contribution >= 0.6 is 0 Å². The number of carbonyl (C=O) groups excluding carboxylic acids is 1. The highest BCUT2D eigenvalue weighted by molar-refractivity contribution is 5.94. The number of hydrogen-bond donors (Lipinski definition) is 2. The molecule has 19 heavy (non-hydrogen) atoms. The van der Waals surface area contributed by atoms with Gasteiger partial charge in [-0.3, -0.25) is 20.3 Å². The largest absolute Gasteiger partial charge is 0.290 e. The molecule has 0 aliphatic rings. The molecule has 6 heteroatoms. The monoisotopic (exact) mass is 257 g/mol. The minimum atomic E-state index is -0.446. The SMILES string of the molecule is NNC(=O)c1ccc(-c2ccc([N+](=O)[O-])cc2)cc1. The van der Waals surface area contributed by atoms with E-state index < -0.39 is 4.92 Å². The Kier molecular flexibility index (Phi) is 3.53. The second-order valence-electron chi connectivity index (χ2n) is 3.85. The fraction of sp³-hybridized carbons (Fsp3) is 0. The Balaban J connectivity index is 2.27. The summed E-state index contributed by atoms with van der Waals surface area (Å²) >= 11 is 0. The van der Waals surface area contributed by atoms with E-state index in [1.165, 1.54) is 12.1 Å². The van der Waals surface area contributed by atoms with E-state index in [9.17, 15) is 14.9 Å². The van der Waals surface area contributed by atoms with Crippen molar-refractivity contribution in [3.63, 3.8) is 0 Å². The summed E-state index contributed by atoms with van der Waals surface area (Å²) in [4.78, 5) is 21.4. The van der Waals surface area contributed by atoms with Gasteiger partial charge in [-0.2, -0.15) is 0 Å². The van der Waals surface area contributed by atoms with Crippen molar-refractivity contribution < 1.29 is 9.72 Å². The fourth-order valence-corrected chi connectivity index (χ4v) is 1.67. The molecule has 0 aromatic heterocycles. The van der Waals surface area contributed by atoms with Gasteiger partial charge in [0, 0.05) is 17.7 Å². The summed E-state index contributed by atoms with van der Waals surface area (Å²) in [5, 5.41) is 10.6. The molecule has 96 valence electrons. The van der Waals surface area contributed by atoms with Crippen LogP contribution in [0.5, 0.6) is 0 Å². The van der Waals surface area contributed by atoms with Crippen LogP contribution in [0.4, 0.5) is 5.69 Å². The summed E-state index contributed by atoms with van der Waals surface area (Å²) in [6, 6.07) is 13.0. The molecule has 2 aromatic rings. The van der Waals surface area contributed by atoms with Crippen LogP contribution < -0.4 is 11.3 Å². The molecule has 0 atom stereocenters. The van der Waals surface area contributed by atoms with E-state index in [1.54, 1.807) is 36.4 Å². The Labute approximate surface area is 109 Å². The van der Waals surface area contributed by atoms with E-state index in [2.05, 4.69) is 0 Å². The van der Waals surface area contributed by atoms with E-state index in [0.717, 1.165) is 11.1 Å². The summed E-state index contributed by atoms with van der Waals surface area (Å²) in [5.41, 5.74) is 4.25. The smallest absolute Gasteiger partial charge is 0.269 e. The number of nitro groups is 1. The molecule has 0 spiro atoms. The van der Waals surface area contributed by atoms with Crippen molar-refractivity contribution in [3.8, 4) is 11.1 Å². The van der Waals surface area contributed by atoms with Crippen molar-refractivity contribution >= 4 is 11.6 Å². The molecule has 0 bridgehead atoms. The maximum absolute atomic E-state index is 11.3. The van der Waals surface area contributed by atoms with Crippen LogP contribution in [0.3, 0.4) is 0 Å². The van der Waals surface area contributed by atoms with Crippen LogP contribution in [-0.2, 0) is 0 Å². The number of benzene rings is 2. The van der Waals surface area contributed by atoms with E-state index in [1.807, 2.05) is 5.43 Å². The van der Waals surface area contributed by atoms with Crippen molar-refractivity contribution in [2.24, 2.45) is 5.84 Å². The highest BCUT2D eigenvalue weighted by Crippen LogP contribution is 2.22. The third-order valence-corrected chi connectivity index (χ3v) is 2.69. The number of nitrogen functional groups attached to an aromatic ring is 1. The van der Waals surface area contributed by atoms with Crippen LogP contribution in [0.2, 0.25) is 0 Å². The predicted octanol–water partition coefficient (Wildman–Crippen LogP) is 1.87. The zero-order chi connectivity index (χ0) is 13.8. The number of nitro benzene ring substituents is 1. The number of nitrogens with zero attached hydrogens (tertiary/aromatic N) is 1. The van der Waals surface area contributed by atoms with E-state index in [-0.39, 0.29) is 11.6 Å². The quantitative estimate of drug-likeness (QED) is 0.379. The lowest BCUT2D eigenvalue weighted by molar-refractivity contribution is -0.384. The Hall–Kier alpha value is -2.73. The predicted molar refractivity (Wildman–Crippen MR) is 70.2 cm³/mol. The van der Waals surface area contributed by atoms with Crippen molar-refractivity contribution in [3.05, 3.63) is 64.2 Å². The minimum absolute atomic E-state index is 0.0443. The van der Waals surface area contributed by atoms with Gasteiger partial charge in [-0.15, -0.1) is 0 Å². The molecule has 6 nitrogen and oxygen atoms in total. The number of rotatable bonds is 3. The van der Waals surface area contributed by atoms with Crippen LogP contribution in [-0.4, -0.2) is 10.8 Å². The number of nitrogens with one attached hydrogen (secondary N) is 1. The molecule has 0 unspecified atom stereocenters. The molecular formula is C13H11N3O3. The maximum Gasteiger partial charge on any atom is 0.269 e. The molecule has 0 aliphatic carbocycles. The molecule has 0 saturated heterocycles. The lowest BCUT2D eigenvalue weighted by atomic mass is 10.0. The van der Waals surface area contributed by atoms with E-state index in [4.69, 9.17) is 5.84 Å². The number of hydrazine groups is 1. The Bertz CT molecular complexity index is 606. The number of non-ortho nitro benzene ring substituents is 1. The lowest BCUT2D eigenvalue weighted by Crippen LogP contribution is -2.29. The Morgan fingerprint density at radius 1 is 1.00 bits per heavy atom. The number of carbonyl (C=O) groups is 1. The second kappa shape index (κ2) is 5.28. The van der Waals surface area contributed by atoms with Crippen molar-refractivity contribution in [1.29, 1.82) is 0 Å². The van der Waals surface area contributed by atoms with Crippen LogP contribution in [0.15, 0.2) is 48.5 Å². The first-order chi connectivity index (χ1) is 9.11. The van der Waals surface area contributed by atoms with E-state index >= 15 is 0 Å². The average molecular weight is 257 g/mol. The number of nitrogens with two attached hydrogens (primary N) is 1. The van der Waals surface area contributed by atoms with Gasteiger partial charge in [0.15, 0.2) is 0 Å². The van der Waals surface area contributed by atoms with Crippen molar-refractivity contribution in [2.45, 2.75) is 0 Å². The van der Waals surface area contributed by atoms with Crippen LogP contribution in [0, 0.1) is 10.1 Å².